The average molecular weight is 423 g/mol. The highest BCUT2D eigenvalue weighted by Gasteiger charge is 2.40. The van der Waals surface area contributed by atoms with Crippen molar-refractivity contribution in [2.24, 2.45) is 10.2 Å². The summed E-state index contributed by atoms with van der Waals surface area (Å²) in [5.41, 5.74) is 2.07. The van der Waals surface area contributed by atoms with E-state index in [1.54, 1.807) is 11.0 Å². The molecule has 3 atom stereocenters. The predicted molar refractivity (Wildman–Crippen MR) is 121 cm³/mol. The van der Waals surface area contributed by atoms with Crippen LogP contribution in [0, 0.1) is 22.7 Å². The highest BCUT2D eigenvalue weighted by atomic mass is 16.1. The molecular formula is C22H30N8O. The van der Waals surface area contributed by atoms with Gasteiger partial charge in [-0.25, -0.2) is 4.90 Å². The molecule has 31 heavy (non-hydrogen) atoms. The Morgan fingerprint density at radius 2 is 2.03 bits per heavy atom. The standard InChI is InChI=1S/C22H30N8O/c1-5-10-29(11-6-2)17-8-9-18(19(13-17)25-16(4)31)27-28-22-26-20(14-23)21(15-24)30(22)12-7-3/h7-9,13,20-22,26H,3,5-6,10-12H2,1-2,4H3,(H,25,31)/t20-,21+,22-/m0/s1. The fourth-order valence-electron chi connectivity index (χ4n) is 3.53. The van der Waals surface area contributed by atoms with Gasteiger partial charge in [-0.2, -0.15) is 20.8 Å². The normalized spacial score (nSPS) is 20.9. The molecule has 1 amide bonds. The first-order chi connectivity index (χ1) is 15.0. The summed E-state index contributed by atoms with van der Waals surface area (Å²) in [7, 11) is 0. The number of benzene rings is 1. The molecule has 0 aliphatic carbocycles. The van der Waals surface area contributed by atoms with E-state index in [9.17, 15) is 15.3 Å². The molecule has 1 aromatic rings. The summed E-state index contributed by atoms with van der Waals surface area (Å²) < 4.78 is 0. The molecule has 1 saturated heterocycles. The number of carbonyl (C=O) groups excluding carboxylic acids is 1. The van der Waals surface area contributed by atoms with Crippen molar-refractivity contribution in [3.63, 3.8) is 0 Å². The van der Waals surface area contributed by atoms with E-state index in [2.05, 4.69) is 58.3 Å². The number of nitrogens with zero attached hydrogens (tertiary/aromatic N) is 6. The van der Waals surface area contributed by atoms with Crippen LogP contribution in [-0.4, -0.2) is 48.8 Å². The zero-order valence-electron chi connectivity index (χ0n) is 18.4. The van der Waals surface area contributed by atoms with Crippen molar-refractivity contribution in [1.82, 2.24) is 10.2 Å². The molecule has 0 bridgehead atoms. The lowest BCUT2D eigenvalue weighted by molar-refractivity contribution is -0.114. The summed E-state index contributed by atoms with van der Waals surface area (Å²) in [6, 6.07) is 8.58. The smallest absolute Gasteiger partial charge is 0.221 e. The summed E-state index contributed by atoms with van der Waals surface area (Å²) in [5, 5.41) is 33.3. The van der Waals surface area contributed by atoms with Crippen molar-refractivity contribution < 1.29 is 4.79 Å². The Kier molecular flexibility index (Phi) is 9.13. The molecule has 2 N–H and O–H groups in total. The second-order valence-corrected chi connectivity index (χ2v) is 7.29. The summed E-state index contributed by atoms with van der Waals surface area (Å²) >= 11 is 0. The molecular weight excluding hydrogens is 392 g/mol. The first-order valence-corrected chi connectivity index (χ1v) is 10.5. The van der Waals surface area contributed by atoms with Crippen LogP contribution in [0.15, 0.2) is 41.1 Å². The van der Waals surface area contributed by atoms with Crippen molar-refractivity contribution in [2.45, 2.75) is 52.0 Å². The van der Waals surface area contributed by atoms with Crippen LogP contribution in [0.25, 0.3) is 0 Å². The van der Waals surface area contributed by atoms with Crippen LogP contribution < -0.4 is 15.5 Å². The van der Waals surface area contributed by atoms with Crippen LogP contribution in [0.2, 0.25) is 0 Å². The van der Waals surface area contributed by atoms with Crippen LogP contribution in [0.5, 0.6) is 0 Å². The fraction of sp³-hybridized carbons (Fsp3) is 0.500. The zero-order valence-corrected chi connectivity index (χ0v) is 18.4. The minimum absolute atomic E-state index is 0.201. The molecule has 0 aromatic heterocycles. The lowest BCUT2D eigenvalue weighted by atomic mass is 10.2. The molecule has 0 unspecified atom stereocenters. The van der Waals surface area contributed by atoms with Crippen molar-refractivity contribution in [3.8, 4) is 12.1 Å². The first-order valence-electron chi connectivity index (χ1n) is 10.5. The molecule has 1 heterocycles. The Hall–Kier alpha value is -3.27. The third-order valence-electron chi connectivity index (χ3n) is 4.84. The summed E-state index contributed by atoms with van der Waals surface area (Å²) in [6.45, 7) is 11.6. The van der Waals surface area contributed by atoms with Gasteiger partial charge < -0.3 is 10.2 Å². The van der Waals surface area contributed by atoms with Crippen molar-refractivity contribution in [1.29, 1.82) is 10.5 Å². The Bertz CT molecular complexity index is 878. The van der Waals surface area contributed by atoms with E-state index in [0.717, 1.165) is 31.6 Å². The third kappa shape index (κ3) is 6.11. The fourth-order valence-corrected chi connectivity index (χ4v) is 3.53. The van der Waals surface area contributed by atoms with E-state index in [-0.39, 0.29) is 5.91 Å². The summed E-state index contributed by atoms with van der Waals surface area (Å²) in [4.78, 5) is 15.8. The molecule has 1 fully saturated rings. The van der Waals surface area contributed by atoms with Crippen LogP contribution in [0.4, 0.5) is 17.1 Å². The molecule has 9 nitrogen and oxygen atoms in total. The highest BCUT2D eigenvalue weighted by Crippen LogP contribution is 2.31. The van der Waals surface area contributed by atoms with Gasteiger partial charge in [0.05, 0.1) is 17.8 Å². The monoisotopic (exact) mass is 422 g/mol. The van der Waals surface area contributed by atoms with Gasteiger partial charge in [0.15, 0.2) is 6.29 Å². The molecule has 0 saturated carbocycles. The molecule has 0 spiro atoms. The van der Waals surface area contributed by atoms with E-state index in [0.29, 0.717) is 17.9 Å². The number of anilines is 2. The van der Waals surface area contributed by atoms with Gasteiger partial charge in [0.25, 0.3) is 0 Å². The summed E-state index contributed by atoms with van der Waals surface area (Å²) in [6.07, 6.45) is 3.04. The second kappa shape index (κ2) is 11.8. The maximum absolute atomic E-state index is 11.8. The van der Waals surface area contributed by atoms with E-state index >= 15 is 0 Å². The minimum atomic E-state index is -0.678. The van der Waals surface area contributed by atoms with E-state index in [1.165, 1.54) is 6.92 Å². The minimum Gasteiger partial charge on any atom is -0.371 e. The maximum Gasteiger partial charge on any atom is 0.221 e. The van der Waals surface area contributed by atoms with Crippen molar-refractivity contribution in [3.05, 3.63) is 30.9 Å². The number of azo groups is 1. The van der Waals surface area contributed by atoms with Gasteiger partial charge in [-0.1, -0.05) is 19.9 Å². The van der Waals surface area contributed by atoms with Gasteiger partial charge >= 0.3 is 0 Å². The maximum atomic E-state index is 11.8. The van der Waals surface area contributed by atoms with Crippen LogP contribution >= 0.6 is 0 Å². The number of nitrogens with one attached hydrogen (secondary N) is 2. The van der Waals surface area contributed by atoms with Gasteiger partial charge in [0.1, 0.15) is 17.8 Å². The van der Waals surface area contributed by atoms with E-state index in [4.69, 9.17) is 0 Å². The van der Waals surface area contributed by atoms with Crippen LogP contribution in [0.3, 0.4) is 0 Å². The number of nitriles is 2. The molecule has 1 aromatic carbocycles. The Labute approximate surface area is 184 Å². The lowest BCUT2D eigenvalue weighted by Gasteiger charge is -2.24. The van der Waals surface area contributed by atoms with Gasteiger partial charge in [-0.15, -0.1) is 6.58 Å². The molecule has 1 aliphatic heterocycles. The third-order valence-corrected chi connectivity index (χ3v) is 4.84. The lowest BCUT2D eigenvalue weighted by Crippen LogP contribution is -2.37. The first kappa shape index (κ1) is 24.0. The van der Waals surface area contributed by atoms with Crippen LogP contribution in [0.1, 0.15) is 33.6 Å². The molecule has 9 heteroatoms. The molecule has 1 aliphatic rings. The zero-order chi connectivity index (χ0) is 22.8. The second-order valence-electron chi connectivity index (χ2n) is 7.29. The Morgan fingerprint density at radius 1 is 1.32 bits per heavy atom. The molecule has 0 radical (unpaired) electrons. The topological polar surface area (TPSA) is 120 Å². The molecule has 2 rings (SSSR count). The van der Waals surface area contributed by atoms with E-state index in [1.807, 2.05) is 18.2 Å². The number of amides is 1. The quantitative estimate of drug-likeness (QED) is 0.440. The van der Waals surface area contributed by atoms with Crippen LogP contribution in [-0.2, 0) is 4.79 Å². The highest BCUT2D eigenvalue weighted by molar-refractivity contribution is 5.92. The molecule has 164 valence electrons. The average Bonchev–Trinajstić information content (AvgIpc) is 3.09. The van der Waals surface area contributed by atoms with Gasteiger partial charge in [-0.3, -0.25) is 10.1 Å². The van der Waals surface area contributed by atoms with E-state index < -0.39 is 18.4 Å². The van der Waals surface area contributed by atoms with Gasteiger partial charge in [0, 0.05) is 32.2 Å². The largest absolute Gasteiger partial charge is 0.371 e. The van der Waals surface area contributed by atoms with Gasteiger partial charge in [-0.05, 0) is 31.0 Å². The number of rotatable bonds is 10. The number of carbonyl (C=O) groups is 1. The Morgan fingerprint density at radius 3 is 2.58 bits per heavy atom. The predicted octanol–water partition coefficient (Wildman–Crippen LogP) is 3.51. The van der Waals surface area contributed by atoms with Gasteiger partial charge in [0.2, 0.25) is 5.91 Å². The Balaban J connectivity index is 2.35. The SMILES string of the molecule is C=CCN1[C@H](N=Nc2ccc(N(CCC)CCC)cc2NC(C)=O)N[C@@H](C#N)[C@H]1C#N. The van der Waals surface area contributed by atoms with Crippen molar-refractivity contribution in [2.75, 3.05) is 29.9 Å². The number of hydrogen-bond donors (Lipinski definition) is 2. The van der Waals surface area contributed by atoms with Crippen molar-refractivity contribution >= 4 is 23.0 Å². The summed E-state index contributed by atoms with van der Waals surface area (Å²) in [5.74, 6) is -0.201. The number of hydrogen-bond acceptors (Lipinski definition) is 8.